The van der Waals surface area contributed by atoms with Crippen molar-refractivity contribution in [3.05, 3.63) is 35.9 Å². The van der Waals surface area contributed by atoms with Crippen LogP contribution in [0, 0.1) is 5.92 Å². The van der Waals surface area contributed by atoms with Crippen LogP contribution >= 0.6 is 12.4 Å². The van der Waals surface area contributed by atoms with Crippen LogP contribution in [-0.2, 0) is 4.79 Å². The van der Waals surface area contributed by atoms with E-state index < -0.39 is 6.04 Å². The molecule has 6 heteroatoms. The molecule has 0 bridgehead atoms. The Labute approximate surface area is 144 Å². The molecule has 1 saturated heterocycles. The number of halogens is 1. The van der Waals surface area contributed by atoms with Gasteiger partial charge in [0.15, 0.2) is 0 Å². The molecular formula is C17H26ClN3O2. The third-order valence-electron chi connectivity index (χ3n) is 4.44. The smallest absolute Gasteiger partial charge is 0.253 e. The number of nitrogens with zero attached hydrogens (tertiary/aromatic N) is 2. The first-order valence-electron chi connectivity index (χ1n) is 7.93. The number of benzene rings is 1. The first-order valence-corrected chi connectivity index (χ1v) is 7.93. The first-order chi connectivity index (χ1) is 10.5. The van der Waals surface area contributed by atoms with Crippen LogP contribution < -0.4 is 5.73 Å². The number of carbonyl (C=O) groups is 2. The van der Waals surface area contributed by atoms with Crippen molar-refractivity contribution >= 4 is 24.2 Å². The van der Waals surface area contributed by atoms with E-state index in [1.165, 1.54) is 0 Å². The summed E-state index contributed by atoms with van der Waals surface area (Å²) in [5.74, 6) is 0.205. The summed E-state index contributed by atoms with van der Waals surface area (Å²) in [4.78, 5) is 28.3. The quantitative estimate of drug-likeness (QED) is 0.909. The van der Waals surface area contributed by atoms with Crippen molar-refractivity contribution in [3.63, 3.8) is 0 Å². The fourth-order valence-electron chi connectivity index (χ4n) is 2.60. The van der Waals surface area contributed by atoms with E-state index in [-0.39, 0.29) is 30.1 Å². The van der Waals surface area contributed by atoms with Gasteiger partial charge in [0.1, 0.15) is 0 Å². The molecule has 23 heavy (non-hydrogen) atoms. The highest BCUT2D eigenvalue weighted by molar-refractivity contribution is 5.94. The van der Waals surface area contributed by atoms with Crippen molar-refractivity contribution in [2.75, 3.05) is 26.2 Å². The number of hydrogen-bond acceptors (Lipinski definition) is 3. The minimum absolute atomic E-state index is 0. The molecule has 2 rings (SSSR count). The molecule has 2 amide bonds. The van der Waals surface area contributed by atoms with Gasteiger partial charge in [0.2, 0.25) is 5.91 Å². The second kappa shape index (κ2) is 8.89. The number of piperazine rings is 1. The minimum Gasteiger partial charge on any atom is -0.338 e. The SMILES string of the molecule is CCC(C)C(N)C(=O)N1CCN(C(=O)c2ccccc2)CC1.Cl. The molecule has 0 spiro atoms. The highest BCUT2D eigenvalue weighted by Gasteiger charge is 2.29. The second-order valence-electron chi connectivity index (χ2n) is 5.89. The molecule has 2 atom stereocenters. The Kier molecular flexibility index (Phi) is 7.52. The Bertz CT molecular complexity index is 516. The van der Waals surface area contributed by atoms with Gasteiger partial charge in [-0.25, -0.2) is 0 Å². The summed E-state index contributed by atoms with van der Waals surface area (Å²) in [5.41, 5.74) is 6.71. The number of amides is 2. The molecule has 1 aromatic carbocycles. The number of rotatable bonds is 4. The molecule has 0 aliphatic carbocycles. The third-order valence-corrected chi connectivity index (χ3v) is 4.44. The average Bonchev–Trinajstić information content (AvgIpc) is 2.60. The van der Waals surface area contributed by atoms with Crippen LogP contribution in [0.5, 0.6) is 0 Å². The Balaban J connectivity index is 0.00000264. The summed E-state index contributed by atoms with van der Waals surface area (Å²) in [7, 11) is 0. The lowest BCUT2D eigenvalue weighted by Crippen LogP contribution is -2.55. The van der Waals surface area contributed by atoms with Gasteiger partial charge in [-0.2, -0.15) is 0 Å². The normalized spacial score (nSPS) is 17.2. The van der Waals surface area contributed by atoms with Gasteiger partial charge in [-0.1, -0.05) is 38.5 Å². The average molecular weight is 340 g/mol. The van der Waals surface area contributed by atoms with E-state index in [1.807, 2.05) is 44.2 Å². The van der Waals surface area contributed by atoms with E-state index in [0.717, 1.165) is 6.42 Å². The van der Waals surface area contributed by atoms with Gasteiger partial charge >= 0.3 is 0 Å². The van der Waals surface area contributed by atoms with E-state index >= 15 is 0 Å². The molecule has 5 nitrogen and oxygen atoms in total. The van der Waals surface area contributed by atoms with E-state index in [9.17, 15) is 9.59 Å². The van der Waals surface area contributed by atoms with E-state index in [2.05, 4.69) is 0 Å². The summed E-state index contributed by atoms with van der Waals surface area (Å²) in [6.45, 7) is 6.27. The summed E-state index contributed by atoms with van der Waals surface area (Å²) in [6, 6.07) is 8.80. The molecule has 1 aliphatic heterocycles. The van der Waals surface area contributed by atoms with Gasteiger partial charge in [0.05, 0.1) is 6.04 Å². The van der Waals surface area contributed by atoms with Crippen LogP contribution in [0.4, 0.5) is 0 Å². The molecule has 0 radical (unpaired) electrons. The number of nitrogens with two attached hydrogens (primary N) is 1. The van der Waals surface area contributed by atoms with Crippen LogP contribution in [0.3, 0.4) is 0 Å². The lowest BCUT2D eigenvalue weighted by Gasteiger charge is -2.36. The summed E-state index contributed by atoms with van der Waals surface area (Å²) >= 11 is 0. The lowest BCUT2D eigenvalue weighted by atomic mass is 9.98. The highest BCUT2D eigenvalue weighted by Crippen LogP contribution is 2.12. The Morgan fingerprint density at radius 2 is 1.61 bits per heavy atom. The van der Waals surface area contributed by atoms with Crippen LogP contribution in [0.1, 0.15) is 30.6 Å². The standard InChI is InChI=1S/C17H25N3O2.ClH/c1-3-13(2)15(18)17(22)20-11-9-19(10-12-20)16(21)14-7-5-4-6-8-14;/h4-8,13,15H,3,9-12,18H2,1-2H3;1H. The van der Waals surface area contributed by atoms with E-state index in [0.29, 0.717) is 31.7 Å². The summed E-state index contributed by atoms with van der Waals surface area (Å²) in [6.07, 6.45) is 0.888. The van der Waals surface area contributed by atoms with Crippen molar-refractivity contribution in [1.82, 2.24) is 9.80 Å². The molecule has 1 aromatic rings. The van der Waals surface area contributed by atoms with Gasteiger partial charge in [-0.05, 0) is 18.1 Å². The monoisotopic (exact) mass is 339 g/mol. The van der Waals surface area contributed by atoms with Gasteiger partial charge in [0, 0.05) is 31.7 Å². The van der Waals surface area contributed by atoms with Crippen molar-refractivity contribution in [2.45, 2.75) is 26.3 Å². The van der Waals surface area contributed by atoms with Crippen molar-refractivity contribution in [2.24, 2.45) is 11.7 Å². The molecule has 2 unspecified atom stereocenters. The van der Waals surface area contributed by atoms with Crippen LogP contribution in [0.2, 0.25) is 0 Å². The van der Waals surface area contributed by atoms with Gasteiger partial charge in [0.25, 0.3) is 5.91 Å². The van der Waals surface area contributed by atoms with Gasteiger partial charge in [-0.3, -0.25) is 9.59 Å². The lowest BCUT2D eigenvalue weighted by molar-refractivity contribution is -0.135. The molecule has 2 N–H and O–H groups in total. The summed E-state index contributed by atoms with van der Waals surface area (Å²) in [5, 5.41) is 0. The van der Waals surface area contributed by atoms with E-state index in [4.69, 9.17) is 5.73 Å². The molecule has 1 heterocycles. The third kappa shape index (κ3) is 4.69. The maximum atomic E-state index is 12.4. The zero-order valence-corrected chi connectivity index (χ0v) is 14.6. The van der Waals surface area contributed by atoms with Crippen LogP contribution in [0.15, 0.2) is 30.3 Å². The second-order valence-corrected chi connectivity index (χ2v) is 5.89. The van der Waals surface area contributed by atoms with Gasteiger partial charge < -0.3 is 15.5 Å². The molecule has 128 valence electrons. The molecule has 0 aromatic heterocycles. The Hall–Kier alpha value is -1.59. The fraction of sp³-hybridized carbons (Fsp3) is 0.529. The maximum absolute atomic E-state index is 12.4. The molecular weight excluding hydrogens is 314 g/mol. The number of hydrogen-bond donors (Lipinski definition) is 1. The van der Waals surface area contributed by atoms with Crippen molar-refractivity contribution in [1.29, 1.82) is 0 Å². The highest BCUT2D eigenvalue weighted by atomic mass is 35.5. The Morgan fingerprint density at radius 3 is 2.13 bits per heavy atom. The first kappa shape index (κ1) is 19.5. The zero-order chi connectivity index (χ0) is 16.1. The number of carbonyl (C=O) groups excluding carboxylic acids is 2. The van der Waals surface area contributed by atoms with E-state index in [1.54, 1.807) is 9.80 Å². The van der Waals surface area contributed by atoms with Crippen molar-refractivity contribution in [3.8, 4) is 0 Å². The van der Waals surface area contributed by atoms with Gasteiger partial charge in [-0.15, -0.1) is 12.4 Å². The predicted molar refractivity (Wildman–Crippen MR) is 93.6 cm³/mol. The van der Waals surface area contributed by atoms with Crippen LogP contribution in [-0.4, -0.2) is 53.8 Å². The zero-order valence-electron chi connectivity index (χ0n) is 13.8. The summed E-state index contributed by atoms with van der Waals surface area (Å²) < 4.78 is 0. The van der Waals surface area contributed by atoms with Crippen LogP contribution in [0.25, 0.3) is 0 Å². The molecule has 1 aliphatic rings. The molecule has 1 fully saturated rings. The molecule has 0 saturated carbocycles. The topological polar surface area (TPSA) is 66.6 Å². The fourth-order valence-corrected chi connectivity index (χ4v) is 2.60. The Morgan fingerprint density at radius 1 is 1.09 bits per heavy atom. The maximum Gasteiger partial charge on any atom is 0.253 e. The minimum atomic E-state index is -0.443. The predicted octanol–water partition coefficient (Wildman–Crippen LogP) is 1.77. The van der Waals surface area contributed by atoms with Crippen molar-refractivity contribution < 1.29 is 9.59 Å². The largest absolute Gasteiger partial charge is 0.338 e.